The van der Waals surface area contributed by atoms with Crippen molar-refractivity contribution < 1.29 is 14.3 Å². The van der Waals surface area contributed by atoms with Gasteiger partial charge in [-0.3, -0.25) is 9.59 Å². The fourth-order valence-electron chi connectivity index (χ4n) is 2.64. The molecule has 0 heterocycles. The van der Waals surface area contributed by atoms with Gasteiger partial charge < -0.3 is 15.0 Å². The highest BCUT2D eigenvalue weighted by atomic mass is 16.5. The number of rotatable bonds is 9. The van der Waals surface area contributed by atoms with Gasteiger partial charge in [-0.2, -0.15) is 0 Å². The number of amides is 2. The molecule has 0 aliphatic carbocycles. The van der Waals surface area contributed by atoms with Crippen LogP contribution in [-0.2, 0) is 16.0 Å². The molecule has 26 heavy (non-hydrogen) atoms. The number of carbonyl (C=O) groups is 2. The van der Waals surface area contributed by atoms with E-state index >= 15 is 0 Å². The van der Waals surface area contributed by atoms with Gasteiger partial charge >= 0.3 is 0 Å². The molecular weight excluding hydrogens is 328 g/mol. The molecule has 0 radical (unpaired) electrons. The number of likely N-dealkylation sites (N-methyl/N-ethyl adjacent to an activating group) is 1. The zero-order chi connectivity index (χ0) is 18.8. The molecule has 2 aromatic carbocycles. The molecular formula is C21H26N2O3. The summed E-state index contributed by atoms with van der Waals surface area (Å²) in [5.41, 5.74) is 1.12. The second kappa shape index (κ2) is 10.2. The predicted octanol–water partition coefficient (Wildman–Crippen LogP) is 2.66. The Morgan fingerprint density at radius 1 is 1.04 bits per heavy atom. The third kappa shape index (κ3) is 5.92. The molecule has 1 N–H and O–H groups in total. The van der Waals surface area contributed by atoms with Crippen LogP contribution in [0.1, 0.15) is 19.4 Å². The summed E-state index contributed by atoms with van der Waals surface area (Å²) in [5.74, 6) is 0.270. The normalized spacial score (nSPS) is 11.5. The van der Waals surface area contributed by atoms with E-state index in [-0.39, 0.29) is 18.4 Å². The lowest BCUT2D eigenvalue weighted by Gasteiger charge is -2.28. The number of para-hydroxylation sites is 1. The maximum Gasteiger partial charge on any atom is 0.261 e. The summed E-state index contributed by atoms with van der Waals surface area (Å²) in [6.07, 6.45) is 0.682. The molecule has 0 saturated heterocycles. The molecule has 0 aliphatic heterocycles. The van der Waals surface area contributed by atoms with Crippen molar-refractivity contribution >= 4 is 11.8 Å². The molecule has 2 amide bonds. The molecule has 5 nitrogen and oxygen atoms in total. The lowest BCUT2D eigenvalue weighted by molar-refractivity contribution is -0.141. The zero-order valence-electron chi connectivity index (χ0n) is 15.4. The van der Waals surface area contributed by atoms with Gasteiger partial charge in [0.05, 0.1) is 0 Å². The average molecular weight is 354 g/mol. The van der Waals surface area contributed by atoms with Crippen LogP contribution in [0, 0.1) is 0 Å². The van der Waals surface area contributed by atoms with Crippen LogP contribution in [0.2, 0.25) is 0 Å². The quantitative estimate of drug-likeness (QED) is 0.753. The Morgan fingerprint density at radius 2 is 1.65 bits per heavy atom. The van der Waals surface area contributed by atoms with Gasteiger partial charge in [-0.05, 0) is 38.0 Å². The number of hydrogen-bond acceptors (Lipinski definition) is 3. The second-order valence-corrected chi connectivity index (χ2v) is 6.00. The van der Waals surface area contributed by atoms with E-state index in [1.165, 1.54) is 0 Å². The van der Waals surface area contributed by atoms with Crippen LogP contribution in [0.15, 0.2) is 60.7 Å². The fraction of sp³-hybridized carbons (Fsp3) is 0.333. The monoisotopic (exact) mass is 354 g/mol. The van der Waals surface area contributed by atoms with Gasteiger partial charge in [-0.1, -0.05) is 48.5 Å². The van der Waals surface area contributed by atoms with Gasteiger partial charge in [-0.15, -0.1) is 0 Å². The summed E-state index contributed by atoms with van der Waals surface area (Å²) >= 11 is 0. The van der Waals surface area contributed by atoms with E-state index in [1.807, 2.05) is 55.5 Å². The Kier molecular flexibility index (Phi) is 7.68. The van der Waals surface area contributed by atoms with Crippen molar-refractivity contribution in [3.63, 3.8) is 0 Å². The van der Waals surface area contributed by atoms with E-state index in [4.69, 9.17) is 4.74 Å². The van der Waals surface area contributed by atoms with Crippen molar-refractivity contribution in [2.75, 3.05) is 19.7 Å². The van der Waals surface area contributed by atoms with Crippen LogP contribution in [-0.4, -0.2) is 42.5 Å². The van der Waals surface area contributed by atoms with Crippen LogP contribution >= 0.6 is 0 Å². The lowest BCUT2D eigenvalue weighted by atomic mass is 10.1. The molecule has 0 aromatic heterocycles. The third-order valence-electron chi connectivity index (χ3n) is 4.11. The number of benzene rings is 2. The number of nitrogens with one attached hydrogen (secondary N) is 1. The Morgan fingerprint density at radius 3 is 2.27 bits per heavy atom. The molecule has 2 rings (SSSR count). The SMILES string of the molecule is CCNC(=O)[C@@H](C)N(CCc1ccccc1)C(=O)COc1ccccc1. The van der Waals surface area contributed by atoms with Crippen molar-refractivity contribution in [1.82, 2.24) is 10.2 Å². The molecule has 0 spiro atoms. The van der Waals surface area contributed by atoms with Crippen molar-refractivity contribution in [2.24, 2.45) is 0 Å². The average Bonchev–Trinajstić information content (AvgIpc) is 2.68. The van der Waals surface area contributed by atoms with Gasteiger partial charge in [0.15, 0.2) is 6.61 Å². The minimum atomic E-state index is -0.550. The Balaban J connectivity index is 2.02. The molecule has 0 saturated carbocycles. The molecule has 0 aliphatic rings. The van der Waals surface area contributed by atoms with Gasteiger partial charge in [0.1, 0.15) is 11.8 Å². The van der Waals surface area contributed by atoms with Crippen molar-refractivity contribution in [3.8, 4) is 5.75 Å². The molecule has 0 fully saturated rings. The molecule has 138 valence electrons. The molecule has 2 aromatic rings. The van der Waals surface area contributed by atoms with E-state index < -0.39 is 6.04 Å². The highest BCUT2D eigenvalue weighted by Gasteiger charge is 2.25. The van der Waals surface area contributed by atoms with E-state index in [1.54, 1.807) is 24.0 Å². The first-order valence-corrected chi connectivity index (χ1v) is 8.90. The van der Waals surface area contributed by atoms with Crippen molar-refractivity contribution in [1.29, 1.82) is 0 Å². The summed E-state index contributed by atoms with van der Waals surface area (Å²) in [6, 6.07) is 18.6. The zero-order valence-corrected chi connectivity index (χ0v) is 15.4. The van der Waals surface area contributed by atoms with E-state index in [0.717, 1.165) is 5.56 Å². The fourth-order valence-corrected chi connectivity index (χ4v) is 2.64. The van der Waals surface area contributed by atoms with Gasteiger partial charge in [0, 0.05) is 13.1 Å². The third-order valence-corrected chi connectivity index (χ3v) is 4.11. The Hall–Kier alpha value is -2.82. The Bertz CT molecular complexity index is 689. The molecule has 5 heteroatoms. The number of ether oxygens (including phenoxy) is 1. The van der Waals surface area contributed by atoms with Gasteiger partial charge in [0.2, 0.25) is 5.91 Å². The lowest BCUT2D eigenvalue weighted by Crippen LogP contribution is -2.50. The first-order valence-electron chi connectivity index (χ1n) is 8.90. The minimum Gasteiger partial charge on any atom is -0.484 e. The van der Waals surface area contributed by atoms with E-state index in [2.05, 4.69) is 5.32 Å². The summed E-state index contributed by atoms with van der Waals surface area (Å²) in [6.45, 7) is 4.50. The highest BCUT2D eigenvalue weighted by Crippen LogP contribution is 2.10. The standard InChI is InChI=1S/C21H26N2O3/c1-3-22-21(25)17(2)23(15-14-18-10-6-4-7-11-18)20(24)16-26-19-12-8-5-9-13-19/h4-13,17H,3,14-16H2,1-2H3,(H,22,25)/t17-/m1/s1. The summed E-state index contributed by atoms with van der Waals surface area (Å²) in [5, 5.41) is 2.78. The summed E-state index contributed by atoms with van der Waals surface area (Å²) < 4.78 is 5.57. The largest absolute Gasteiger partial charge is 0.484 e. The first kappa shape index (κ1) is 19.5. The number of carbonyl (C=O) groups excluding carboxylic acids is 2. The summed E-state index contributed by atoms with van der Waals surface area (Å²) in [4.78, 5) is 26.5. The van der Waals surface area contributed by atoms with E-state index in [0.29, 0.717) is 25.3 Å². The predicted molar refractivity (Wildman–Crippen MR) is 102 cm³/mol. The van der Waals surface area contributed by atoms with Crippen LogP contribution < -0.4 is 10.1 Å². The van der Waals surface area contributed by atoms with Crippen LogP contribution in [0.5, 0.6) is 5.75 Å². The second-order valence-electron chi connectivity index (χ2n) is 6.00. The highest BCUT2D eigenvalue weighted by molar-refractivity contribution is 5.87. The van der Waals surface area contributed by atoms with Crippen LogP contribution in [0.4, 0.5) is 0 Å². The van der Waals surface area contributed by atoms with Crippen molar-refractivity contribution in [2.45, 2.75) is 26.3 Å². The molecule has 1 atom stereocenters. The number of hydrogen-bond donors (Lipinski definition) is 1. The van der Waals surface area contributed by atoms with E-state index in [9.17, 15) is 9.59 Å². The van der Waals surface area contributed by atoms with Gasteiger partial charge in [0.25, 0.3) is 5.91 Å². The van der Waals surface area contributed by atoms with Crippen molar-refractivity contribution in [3.05, 3.63) is 66.2 Å². The van der Waals surface area contributed by atoms with Gasteiger partial charge in [-0.25, -0.2) is 0 Å². The number of nitrogens with zero attached hydrogens (tertiary/aromatic N) is 1. The topological polar surface area (TPSA) is 58.6 Å². The maximum atomic E-state index is 12.7. The van der Waals surface area contributed by atoms with Crippen LogP contribution in [0.3, 0.4) is 0 Å². The smallest absolute Gasteiger partial charge is 0.261 e. The van der Waals surface area contributed by atoms with Crippen LogP contribution in [0.25, 0.3) is 0 Å². The minimum absolute atomic E-state index is 0.0947. The summed E-state index contributed by atoms with van der Waals surface area (Å²) in [7, 11) is 0. The molecule has 0 bridgehead atoms. The maximum absolute atomic E-state index is 12.7. The first-order chi connectivity index (χ1) is 12.6. The molecule has 0 unspecified atom stereocenters. The Labute approximate surface area is 155 Å².